The first-order valence-corrected chi connectivity index (χ1v) is 7.18. The Morgan fingerprint density at radius 1 is 1.64 bits per heavy atom. The van der Waals surface area contributed by atoms with E-state index in [1.54, 1.807) is 11.3 Å². The van der Waals surface area contributed by atoms with Crippen LogP contribution in [0.25, 0.3) is 0 Å². The molecule has 4 heteroatoms. The molecule has 2 heterocycles. The standard InChI is InChI=1S/C10H11BrOS2/c1-6-9(12)4-8(14-6)2-7-3-10(11)13-5-7/h3,5-6,8H,2,4H2,1H3. The zero-order valence-electron chi connectivity index (χ0n) is 7.83. The first kappa shape index (κ1) is 10.7. The maximum Gasteiger partial charge on any atom is 0.146 e. The summed E-state index contributed by atoms with van der Waals surface area (Å²) < 4.78 is 1.18. The van der Waals surface area contributed by atoms with Crippen molar-refractivity contribution in [3.63, 3.8) is 0 Å². The molecule has 76 valence electrons. The number of carbonyl (C=O) groups is 1. The van der Waals surface area contributed by atoms with E-state index in [0.717, 1.165) is 12.8 Å². The highest BCUT2D eigenvalue weighted by atomic mass is 79.9. The predicted octanol–water partition coefficient (Wildman–Crippen LogP) is 3.52. The molecule has 2 unspecified atom stereocenters. The summed E-state index contributed by atoms with van der Waals surface area (Å²) in [6.45, 7) is 2.01. The van der Waals surface area contributed by atoms with Gasteiger partial charge in [-0.25, -0.2) is 0 Å². The summed E-state index contributed by atoms with van der Waals surface area (Å²) in [5, 5.41) is 2.87. The zero-order valence-corrected chi connectivity index (χ0v) is 11.0. The number of halogens is 1. The van der Waals surface area contributed by atoms with E-state index in [-0.39, 0.29) is 5.25 Å². The molecule has 1 saturated heterocycles. The van der Waals surface area contributed by atoms with Crippen LogP contribution < -0.4 is 0 Å². The van der Waals surface area contributed by atoms with Gasteiger partial charge in [0.05, 0.1) is 9.04 Å². The van der Waals surface area contributed by atoms with Crippen molar-refractivity contribution in [2.45, 2.75) is 30.3 Å². The summed E-state index contributed by atoms with van der Waals surface area (Å²) in [7, 11) is 0. The van der Waals surface area contributed by atoms with Crippen LogP contribution in [0.15, 0.2) is 15.2 Å². The third-order valence-corrected chi connectivity index (χ3v) is 5.31. The van der Waals surface area contributed by atoms with E-state index >= 15 is 0 Å². The van der Waals surface area contributed by atoms with E-state index in [9.17, 15) is 4.79 Å². The number of thiophene rings is 1. The van der Waals surface area contributed by atoms with Crippen molar-refractivity contribution in [3.05, 3.63) is 20.8 Å². The van der Waals surface area contributed by atoms with Gasteiger partial charge in [-0.1, -0.05) is 0 Å². The van der Waals surface area contributed by atoms with Gasteiger partial charge in [-0.3, -0.25) is 4.79 Å². The minimum Gasteiger partial charge on any atom is -0.298 e. The third kappa shape index (κ3) is 2.41. The topological polar surface area (TPSA) is 17.1 Å². The molecule has 0 aromatic carbocycles. The minimum absolute atomic E-state index is 0.210. The highest BCUT2D eigenvalue weighted by molar-refractivity contribution is 9.11. The van der Waals surface area contributed by atoms with Gasteiger partial charge < -0.3 is 0 Å². The number of rotatable bonds is 2. The van der Waals surface area contributed by atoms with Gasteiger partial charge in [-0.2, -0.15) is 0 Å². The van der Waals surface area contributed by atoms with Gasteiger partial charge in [0.1, 0.15) is 5.78 Å². The lowest BCUT2D eigenvalue weighted by Gasteiger charge is -2.05. The van der Waals surface area contributed by atoms with Crippen molar-refractivity contribution in [3.8, 4) is 0 Å². The van der Waals surface area contributed by atoms with E-state index in [2.05, 4.69) is 27.4 Å². The second-order valence-corrected chi connectivity index (χ2v) is 7.47. The van der Waals surface area contributed by atoms with Crippen LogP contribution in [0.3, 0.4) is 0 Å². The van der Waals surface area contributed by atoms with Crippen LogP contribution in [-0.4, -0.2) is 16.3 Å². The molecule has 14 heavy (non-hydrogen) atoms. The van der Waals surface area contributed by atoms with Crippen molar-refractivity contribution >= 4 is 44.8 Å². The average molecular weight is 291 g/mol. The minimum atomic E-state index is 0.210. The van der Waals surface area contributed by atoms with Gasteiger partial charge in [0.2, 0.25) is 0 Å². The van der Waals surface area contributed by atoms with Crippen LogP contribution in [0.2, 0.25) is 0 Å². The van der Waals surface area contributed by atoms with Gasteiger partial charge in [-0.05, 0) is 46.3 Å². The Labute approximate surface area is 100 Å². The number of thioether (sulfide) groups is 1. The Hall–Kier alpha value is 0.200. The molecule has 1 aliphatic heterocycles. The predicted molar refractivity (Wildman–Crippen MR) is 66.2 cm³/mol. The fraction of sp³-hybridized carbons (Fsp3) is 0.500. The largest absolute Gasteiger partial charge is 0.298 e. The molecule has 0 aliphatic carbocycles. The molecule has 0 amide bonds. The average Bonchev–Trinajstić information content (AvgIpc) is 2.62. The highest BCUT2D eigenvalue weighted by Gasteiger charge is 2.29. The number of ketones is 1. The summed E-state index contributed by atoms with van der Waals surface area (Å²) in [5.41, 5.74) is 1.35. The first-order valence-electron chi connectivity index (χ1n) is 4.56. The van der Waals surface area contributed by atoms with Crippen molar-refractivity contribution < 1.29 is 4.79 Å². The van der Waals surface area contributed by atoms with Gasteiger partial charge in [0.25, 0.3) is 0 Å². The number of Topliss-reactive ketones (excluding diaryl/α,β-unsaturated/α-hetero) is 1. The molecule has 1 fully saturated rings. The first-order chi connectivity index (χ1) is 6.65. The summed E-state index contributed by atoms with van der Waals surface area (Å²) in [5.74, 6) is 0.411. The van der Waals surface area contributed by atoms with Crippen LogP contribution in [0.1, 0.15) is 18.9 Å². The summed E-state index contributed by atoms with van der Waals surface area (Å²) in [6, 6.07) is 2.15. The van der Waals surface area contributed by atoms with Crippen LogP contribution >= 0.6 is 39.0 Å². The Balaban J connectivity index is 1.96. The Kier molecular flexibility index (Phi) is 3.34. The Morgan fingerprint density at radius 3 is 2.93 bits per heavy atom. The highest BCUT2D eigenvalue weighted by Crippen LogP contribution is 2.34. The molecule has 1 nitrogen and oxygen atoms in total. The van der Waals surface area contributed by atoms with Crippen molar-refractivity contribution in [1.29, 1.82) is 0 Å². The molecular formula is C10H11BrOS2. The molecule has 2 rings (SSSR count). The lowest BCUT2D eigenvalue weighted by Crippen LogP contribution is -2.05. The van der Waals surface area contributed by atoms with E-state index < -0.39 is 0 Å². The molecule has 0 saturated carbocycles. The Bertz CT molecular complexity index is 348. The number of hydrogen-bond donors (Lipinski definition) is 0. The van der Waals surface area contributed by atoms with Crippen LogP contribution in [0.4, 0.5) is 0 Å². The summed E-state index contributed by atoms with van der Waals surface area (Å²) in [4.78, 5) is 11.4. The number of hydrogen-bond acceptors (Lipinski definition) is 3. The molecule has 0 spiro atoms. The number of carbonyl (C=O) groups excluding carboxylic acids is 1. The molecular weight excluding hydrogens is 280 g/mol. The smallest absolute Gasteiger partial charge is 0.146 e. The lowest BCUT2D eigenvalue weighted by molar-refractivity contribution is -0.117. The molecule has 1 aromatic heterocycles. The van der Waals surface area contributed by atoms with E-state index in [1.165, 1.54) is 9.35 Å². The molecule has 0 bridgehead atoms. The van der Waals surface area contributed by atoms with Crippen molar-refractivity contribution in [2.75, 3.05) is 0 Å². The molecule has 0 radical (unpaired) electrons. The lowest BCUT2D eigenvalue weighted by atomic mass is 10.1. The fourth-order valence-corrected chi connectivity index (χ4v) is 4.24. The van der Waals surface area contributed by atoms with E-state index in [1.807, 2.05) is 18.7 Å². The normalized spacial score (nSPS) is 27.1. The van der Waals surface area contributed by atoms with E-state index in [4.69, 9.17) is 0 Å². The summed E-state index contributed by atoms with van der Waals surface area (Å²) >= 11 is 6.98. The molecule has 1 aromatic rings. The SMILES string of the molecule is CC1SC(Cc2csc(Br)c2)CC1=O. The second kappa shape index (κ2) is 4.37. The second-order valence-electron chi connectivity index (χ2n) is 3.53. The Morgan fingerprint density at radius 2 is 2.43 bits per heavy atom. The van der Waals surface area contributed by atoms with Crippen molar-refractivity contribution in [2.24, 2.45) is 0 Å². The molecule has 1 aliphatic rings. The maximum absolute atomic E-state index is 11.4. The quantitative estimate of drug-likeness (QED) is 0.829. The van der Waals surface area contributed by atoms with Crippen molar-refractivity contribution in [1.82, 2.24) is 0 Å². The fourth-order valence-electron chi connectivity index (χ4n) is 1.64. The summed E-state index contributed by atoms with van der Waals surface area (Å²) in [6.07, 6.45) is 1.78. The monoisotopic (exact) mass is 290 g/mol. The third-order valence-electron chi connectivity index (χ3n) is 2.36. The maximum atomic E-state index is 11.4. The van der Waals surface area contributed by atoms with Crippen LogP contribution in [0, 0.1) is 0 Å². The van der Waals surface area contributed by atoms with Gasteiger partial charge in [0, 0.05) is 11.7 Å². The van der Waals surface area contributed by atoms with Crippen LogP contribution in [-0.2, 0) is 11.2 Å². The van der Waals surface area contributed by atoms with Gasteiger partial charge in [-0.15, -0.1) is 23.1 Å². The molecule has 2 atom stereocenters. The molecule has 0 N–H and O–H groups in total. The van der Waals surface area contributed by atoms with Crippen LogP contribution in [0.5, 0.6) is 0 Å². The van der Waals surface area contributed by atoms with Gasteiger partial charge >= 0.3 is 0 Å². The van der Waals surface area contributed by atoms with E-state index in [0.29, 0.717) is 11.0 Å². The van der Waals surface area contributed by atoms with Gasteiger partial charge in [0.15, 0.2) is 0 Å². The zero-order chi connectivity index (χ0) is 10.1.